The first kappa shape index (κ1) is 23.6. The van der Waals surface area contributed by atoms with Gasteiger partial charge in [-0.2, -0.15) is 4.72 Å². The van der Waals surface area contributed by atoms with Crippen LogP contribution in [0.25, 0.3) is 10.9 Å². The van der Waals surface area contributed by atoms with Gasteiger partial charge in [0.05, 0.1) is 4.88 Å². The molecule has 0 aliphatic heterocycles. The molecule has 0 unspecified atom stereocenters. The minimum absolute atomic E-state index is 0.0116. The van der Waals surface area contributed by atoms with E-state index in [0.717, 1.165) is 28.0 Å². The number of sulfonamides is 1. The average molecular weight is 495 g/mol. The SMILES string of the molecule is Cc1ccc(C#Cc2ccc(S(=O)(=O)N[C@H](Cc3cn(C)c4ccc(O)cc34)C(=O)O)s2)cc1. The van der Waals surface area contributed by atoms with Crippen molar-refractivity contribution in [1.82, 2.24) is 9.29 Å². The van der Waals surface area contributed by atoms with Crippen molar-refractivity contribution >= 4 is 38.2 Å². The molecule has 2 aromatic heterocycles. The molecular formula is C25H22N2O5S2. The third kappa shape index (κ3) is 5.15. The van der Waals surface area contributed by atoms with Crippen LogP contribution in [0.15, 0.2) is 65.0 Å². The lowest BCUT2D eigenvalue weighted by Crippen LogP contribution is -2.42. The first-order valence-corrected chi connectivity index (χ1v) is 12.6. The molecule has 0 bridgehead atoms. The Morgan fingerprint density at radius 3 is 2.56 bits per heavy atom. The number of nitrogens with zero attached hydrogens (tertiary/aromatic N) is 1. The molecule has 0 fully saturated rings. The lowest BCUT2D eigenvalue weighted by atomic mass is 10.1. The third-order valence-corrected chi connectivity index (χ3v) is 8.27. The molecular weight excluding hydrogens is 472 g/mol. The maximum Gasteiger partial charge on any atom is 0.322 e. The summed E-state index contributed by atoms with van der Waals surface area (Å²) < 4.78 is 29.9. The number of carboxylic acid groups (broad SMARTS) is 1. The Balaban J connectivity index is 1.55. The number of aliphatic carboxylic acids is 1. The summed E-state index contributed by atoms with van der Waals surface area (Å²) in [4.78, 5) is 12.5. The van der Waals surface area contributed by atoms with E-state index in [2.05, 4.69) is 16.6 Å². The van der Waals surface area contributed by atoms with Crippen LogP contribution in [-0.4, -0.2) is 35.2 Å². The van der Waals surface area contributed by atoms with Crippen LogP contribution in [0.3, 0.4) is 0 Å². The molecule has 4 aromatic rings. The number of aryl methyl sites for hydroxylation is 2. The van der Waals surface area contributed by atoms with Gasteiger partial charge in [-0.05, 0) is 55.0 Å². The second-order valence-electron chi connectivity index (χ2n) is 7.92. The van der Waals surface area contributed by atoms with Crippen molar-refractivity contribution in [3.8, 4) is 17.6 Å². The minimum atomic E-state index is -4.08. The van der Waals surface area contributed by atoms with E-state index < -0.39 is 22.0 Å². The van der Waals surface area contributed by atoms with Gasteiger partial charge in [-0.1, -0.05) is 29.5 Å². The molecule has 0 radical (unpaired) electrons. The maximum atomic E-state index is 12.9. The second-order valence-corrected chi connectivity index (χ2v) is 10.9. The largest absolute Gasteiger partial charge is 0.508 e. The van der Waals surface area contributed by atoms with Gasteiger partial charge in [0.1, 0.15) is 16.0 Å². The van der Waals surface area contributed by atoms with E-state index in [0.29, 0.717) is 15.8 Å². The summed E-state index contributed by atoms with van der Waals surface area (Å²) in [5.74, 6) is 4.70. The van der Waals surface area contributed by atoms with Crippen molar-refractivity contribution in [3.63, 3.8) is 0 Å². The van der Waals surface area contributed by atoms with Gasteiger partial charge in [0, 0.05) is 36.1 Å². The number of hydrogen-bond acceptors (Lipinski definition) is 5. The molecule has 174 valence electrons. The van der Waals surface area contributed by atoms with Gasteiger partial charge < -0.3 is 14.8 Å². The number of aromatic nitrogens is 1. The van der Waals surface area contributed by atoms with Gasteiger partial charge in [-0.15, -0.1) is 11.3 Å². The van der Waals surface area contributed by atoms with Crippen molar-refractivity contribution in [2.24, 2.45) is 7.05 Å². The number of fused-ring (bicyclic) bond motifs is 1. The highest BCUT2D eigenvalue weighted by Gasteiger charge is 2.28. The van der Waals surface area contributed by atoms with Crippen molar-refractivity contribution in [2.45, 2.75) is 23.6 Å². The van der Waals surface area contributed by atoms with E-state index >= 15 is 0 Å². The van der Waals surface area contributed by atoms with Crippen LogP contribution in [0, 0.1) is 18.8 Å². The normalized spacial score (nSPS) is 12.3. The summed E-state index contributed by atoms with van der Waals surface area (Å²) in [6.45, 7) is 1.98. The molecule has 0 aliphatic rings. The Morgan fingerprint density at radius 1 is 1.12 bits per heavy atom. The van der Waals surface area contributed by atoms with Crippen LogP contribution in [0.2, 0.25) is 0 Å². The van der Waals surface area contributed by atoms with E-state index in [9.17, 15) is 23.4 Å². The first-order chi connectivity index (χ1) is 16.1. The van der Waals surface area contributed by atoms with E-state index in [1.807, 2.05) is 31.2 Å². The van der Waals surface area contributed by atoms with Crippen LogP contribution < -0.4 is 4.72 Å². The van der Waals surface area contributed by atoms with Crippen LogP contribution in [-0.2, 0) is 28.3 Å². The second kappa shape index (κ2) is 9.35. The molecule has 9 heteroatoms. The van der Waals surface area contributed by atoms with Crippen LogP contribution in [0.4, 0.5) is 0 Å². The summed E-state index contributed by atoms with van der Waals surface area (Å²) in [6.07, 6.45) is 1.65. The molecule has 0 saturated carbocycles. The van der Waals surface area contributed by atoms with Gasteiger partial charge in [0.15, 0.2) is 0 Å². The summed E-state index contributed by atoms with van der Waals surface area (Å²) in [5.41, 5.74) is 3.34. The van der Waals surface area contributed by atoms with E-state index in [4.69, 9.17) is 0 Å². The maximum absolute atomic E-state index is 12.9. The highest BCUT2D eigenvalue weighted by molar-refractivity contribution is 7.91. The predicted molar refractivity (Wildman–Crippen MR) is 132 cm³/mol. The van der Waals surface area contributed by atoms with Gasteiger partial charge in [0.2, 0.25) is 0 Å². The number of hydrogen-bond donors (Lipinski definition) is 3. The van der Waals surface area contributed by atoms with Crippen LogP contribution in [0.1, 0.15) is 21.6 Å². The number of rotatable bonds is 6. The van der Waals surface area contributed by atoms with Crippen molar-refractivity contribution in [1.29, 1.82) is 0 Å². The fraction of sp³-hybridized carbons (Fsp3) is 0.160. The highest BCUT2D eigenvalue weighted by Crippen LogP contribution is 2.27. The number of carboxylic acids is 1. The smallest absolute Gasteiger partial charge is 0.322 e. The van der Waals surface area contributed by atoms with Gasteiger partial charge in [-0.25, -0.2) is 8.42 Å². The van der Waals surface area contributed by atoms with E-state index in [-0.39, 0.29) is 16.4 Å². The molecule has 0 amide bonds. The molecule has 0 spiro atoms. The predicted octanol–water partition coefficient (Wildman–Crippen LogP) is 3.63. The summed E-state index contributed by atoms with van der Waals surface area (Å²) in [6, 6.07) is 14.1. The molecule has 7 nitrogen and oxygen atoms in total. The lowest BCUT2D eigenvalue weighted by molar-refractivity contribution is -0.138. The van der Waals surface area contributed by atoms with Crippen molar-refractivity contribution in [3.05, 3.63) is 82.4 Å². The topological polar surface area (TPSA) is 109 Å². The van der Waals surface area contributed by atoms with Gasteiger partial charge in [-0.3, -0.25) is 4.79 Å². The molecule has 0 saturated heterocycles. The Kier molecular flexibility index (Phi) is 6.48. The molecule has 34 heavy (non-hydrogen) atoms. The number of thiophene rings is 1. The summed E-state index contributed by atoms with van der Waals surface area (Å²) in [7, 11) is -2.28. The Morgan fingerprint density at radius 2 is 1.85 bits per heavy atom. The average Bonchev–Trinajstić information content (AvgIpc) is 3.38. The zero-order chi connectivity index (χ0) is 24.5. The number of nitrogens with one attached hydrogen (secondary N) is 1. The van der Waals surface area contributed by atoms with Gasteiger partial charge in [0.25, 0.3) is 10.0 Å². The zero-order valence-electron chi connectivity index (χ0n) is 18.4. The quantitative estimate of drug-likeness (QED) is 0.355. The monoisotopic (exact) mass is 494 g/mol. The molecule has 4 rings (SSSR count). The van der Waals surface area contributed by atoms with Gasteiger partial charge >= 0.3 is 5.97 Å². The summed E-state index contributed by atoms with van der Waals surface area (Å²) >= 11 is 0.977. The van der Waals surface area contributed by atoms with E-state index in [1.54, 1.807) is 36.0 Å². The number of aromatic hydroxyl groups is 1. The van der Waals surface area contributed by atoms with Crippen molar-refractivity contribution < 1.29 is 23.4 Å². The molecule has 3 N–H and O–H groups in total. The number of phenols is 1. The summed E-state index contributed by atoms with van der Waals surface area (Å²) in [5, 5.41) is 20.2. The molecule has 0 aliphatic carbocycles. The fourth-order valence-electron chi connectivity index (χ4n) is 3.57. The Bertz CT molecular complexity index is 1540. The molecule has 2 aromatic carbocycles. The zero-order valence-corrected chi connectivity index (χ0v) is 20.1. The number of phenolic OH excluding ortho intramolecular Hbond substituents is 1. The minimum Gasteiger partial charge on any atom is -0.508 e. The van der Waals surface area contributed by atoms with E-state index in [1.165, 1.54) is 12.1 Å². The lowest BCUT2D eigenvalue weighted by Gasteiger charge is -2.13. The highest BCUT2D eigenvalue weighted by atomic mass is 32.2. The molecule has 1 atom stereocenters. The Hall–Kier alpha value is -3.58. The number of benzene rings is 2. The van der Waals surface area contributed by atoms with Crippen LogP contribution >= 0.6 is 11.3 Å². The van der Waals surface area contributed by atoms with Crippen LogP contribution in [0.5, 0.6) is 5.75 Å². The fourth-order valence-corrected chi connectivity index (χ4v) is 5.94. The first-order valence-electron chi connectivity index (χ1n) is 10.3. The third-order valence-electron chi connectivity index (χ3n) is 5.30. The standard InChI is InChI=1S/C25H22N2O5S2/c1-16-3-5-17(6-4-16)7-9-20-10-12-24(33-20)34(31,32)26-22(25(29)30)13-18-15-27(2)23-11-8-19(28)14-21(18)23/h3-6,8,10-12,14-15,22,26,28H,13H2,1-2H3,(H,29,30)/t22-/m1/s1. The van der Waals surface area contributed by atoms with Crippen molar-refractivity contribution in [2.75, 3.05) is 0 Å². The Labute approximate surface area is 201 Å². The molecule has 2 heterocycles. The number of carbonyl (C=O) groups is 1.